The molecule has 1 atom stereocenters. The van der Waals surface area contributed by atoms with Gasteiger partial charge in [0.05, 0.1) is 6.26 Å². The van der Waals surface area contributed by atoms with E-state index in [4.69, 9.17) is 4.74 Å². The van der Waals surface area contributed by atoms with Crippen molar-refractivity contribution in [3.05, 3.63) is 71.1 Å². The third kappa shape index (κ3) is 9.73. The van der Waals surface area contributed by atoms with Gasteiger partial charge in [-0.05, 0) is 104 Å². The Labute approximate surface area is 234 Å². The number of allylic oxidation sites excluding steroid dienone is 9. The van der Waals surface area contributed by atoms with Gasteiger partial charge in [0.1, 0.15) is 0 Å². The number of halogens is 1. The highest BCUT2D eigenvalue weighted by Gasteiger charge is 2.28. The van der Waals surface area contributed by atoms with Crippen molar-refractivity contribution in [2.75, 3.05) is 0 Å². The first kappa shape index (κ1) is 30.7. The molecule has 0 bridgehead atoms. The normalized spacial score (nSPS) is 26.5. The summed E-state index contributed by atoms with van der Waals surface area (Å²) in [5.74, 6) is 1.26. The van der Waals surface area contributed by atoms with E-state index in [2.05, 4.69) is 44.7 Å². The average Bonchev–Trinajstić information content (AvgIpc) is 2.93. The molecule has 0 aromatic carbocycles. The first-order valence-electron chi connectivity index (χ1n) is 15.8. The van der Waals surface area contributed by atoms with Crippen LogP contribution in [0.1, 0.15) is 130 Å². The molecule has 1 nitrogen and oxygen atoms in total. The number of ether oxygens (including phenoxy) is 1. The highest BCUT2D eigenvalue weighted by atomic mass is 19.2. The van der Waals surface area contributed by atoms with E-state index in [0.717, 1.165) is 42.4 Å². The van der Waals surface area contributed by atoms with E-state index in [9.17, 15) is 4.39 Å². The second-order valence-corrected chi connectivity index (χ2v) is 12.4. The summed E-state index contributed by atoms with van der Waals surface area (Å²) < 4.78 is 19.3. The Morgan fingerprint density at radius 1 is 0.895 bits per heavy atom. The van der Waals surface area contributed by atoms with Crippen molar-refractivity contribution >= 4 is 0 Å². The van der Waals surface area contributed by atoms with Gasteiger partial charge in [-0.3, -0.25) is 0 Å². The zero-order valence-corrected chi connectivity index (χ0v) is 25.0. The van der Waals surface area contributed by atoms with E-state index in [-0.39, 0.29) is 0 Å². The molecule has 0 amide bonds. The van der Waals surface area contributed by atoms with Crippen LogP contribution in [0.2, 0.25) is 0 Å². The van der Waals surface area contributed by atoms with E-state index >= 15 is 0 Å². The number of alkyl halides is 1. The first-order valence-corrected chi connectivity index (χ1v) is 15.8. The maximum absolute atomic E-state index is 14.3. The third-order valence-electron chi connectivity index (χ3n) is 9.17. The van der Waals surface area contributed by atoms with Crippen molar-refractivity contribution < 1.29 is 9.13 Å². The van der Waals surface area contributed by atoms with E-state index in [1.807, 2.05) is 6.92 Å². The van der Waals surface area contributed by atoms with Crippen LogP contribution >= 0.6 is 0 Å². The maximum atomic E-state index is 14.3. The van der Waals surface area contributed by atoms with Crippen molar-refractivity contribution in [3.8, 4) is 0 Å². The molecular weight excluding hydrogens is 467 g/mol. The van der Waals surface area contributed by atoms with Crippen LogP contribution in [0.4, 0.5) is 4.39 Å². The van der Waals surface area contributed by atoms with Gasteiger partial charge in [0, 0.05) is 6.92 Å². The second kappa shape index (κ2) is 15.7. The van der Waals surface area contributed by atoms with Gasteiger partial charge >= 0.3 is 0 Å². The molecule has 0 saturated heterocycles. The molecule has 0 spiro atoms. The zero-order valence-electron chi connectivity index (χ0n) is 25.0. The Morgan fingerprint density at radius 2 is 1.50 bits per heavy atom. The van der Waals surface area contributed by atoms with Gasteiger partial charge in [-0.25, -0.2) is 0 Å². The minimum absolute atomic E-state index is 0.944. The standard InChI is InChI=1S/C33H47FO.C3H8/c1-4-35-33(3,34)24-25(2)28-20-22-32(23-21-28)31-18-14-27(15-19-31)11-10-26-12-16-30(17-13-26)29-8-6-5-7-9-29;1-3-2/h4,14,18,20,22,24,26,29-30H,1,5-13,15-17,19,21,23H2,2-3H3;3H2,1-2H3/b25-24+;. The van der Waals surface area contributed by atoms with E-state index in [1.165, 1.54) is 114 Å². The fourth-order valence-electron chi connectivity index (χ4n) is 7.01. The number of hydrogen-bond donors (Lipinski definition) is 0. The van der Waals surface area contributed by atoms with Crippen LogP contribution in [0.15, 0.2) is 71.1 Å². The lowest BCUT2D eigenvalue weighted by Gasteiger charge is -2.36. The Kier molecular flexibility index (Phi) is 12.7. The van der Waals surface area contributed by atoms with Crippen molar-refractivity contribution in [1.29, 1.82) is 0 Å². The lowest BCUT2D eigenvalue weighted by atomic mass is 9.70. The molecule has 4 aliphatic carbocycles. The second-order valence-electron chi connectivity index (χ2n) is 12.4. The molecule has 4 rings (SSSR count). The van der Waals surface area contributed by atoms with Crippen LogP contribution in [0, 0.1) is 17.8 Å². The van der Waals surface area contributed by atoms with Gasteiger partial charge in [-0.1, -0.05) is 102 Å². The smallest absolute Gasteiger partial charge is 0.264 e. The summed E-state index contributed by atoms with van der Waals surface area (Å²) in [5, 5.41) is 0. The highest BCUT2D eigenvalue weighted by Crippen LogP contribution is 2.42. The molecule has 2 heteroatoms. The van der Waals surface area contributed by atoms with Crippen molar-refractivity contribution in [3.63, 3.8) is 0 Å². The van der Waals surface area contributed by atoms with Gasteiger partial charge in [-0.15, -0.1) is 0 Å². The SMILES string of the molecule is C=COC(C)(F)/C=C(\C)C1=CC=C(C2=CC=C(CCC3CCC(C4CCCCC4)CC3)CC2)CC1.CCC. The lowest BCUT2D eigenvalue weighted by molar-refractivity contribution is -0.0363. The Balaban J connectivity index is 0.00000127. The zero-order chi connectivity index (χ0) is 27.4. The quantitative estimate of drug-likeness (QED) is 0.274. The molecule has 0 aromatic rings. The largest absolute Gasteiger partial charge is 0.463 e. The van der Waals surface area contributed by atoms with Gasteiger partial charge in [0.2, 0.25) is 0 Å². The molecule has 2 saturated carbocycles. The molecule has 4 aliphatic rings. The van der Waals surface area contributed by atoms with Gasteiger partial charge in [0.15, 0.2) is 0 Å². The summed E-state index contributed by atoms with van der Waals surface area (Å²) in [5.41, 5.74) is 6.72. The summed E-state index contributed by atoms with van der Waals surface area (Å²) in [6, 6.07) is 0. The van der Waals surface area contributed by atoms with Gasteiger partial charge in [-0.2, -0.15) is 4.39 Å². The minimum atomic E-state index is -1.81. The van der Waals surface area contributed by atoms with Crippen LogP contribution in [-0.2, 0) is 4.74 Å². The summed E-state index contributed by atoms with van der Waals surface area (Å²) in [6.07, 6.45) is 33.7. The van der Waals surface area contributed by atoms with Crippen LogP contribution in [0.5, 0.6) is 0 Å². The summed E-state index contributed by atoms with van der Waals surface area (Å²) >= 11 is 0. The molecule has 38 heavy (non-hydrogen) atoms. The van der Waals surface area contributed by atoms with Crippen LogP contribution in [0.3, 0.4) is 0 Å². The monoisotopic (exact) mass is 522 g/mol. The lowest BCUT2D eigenvalue weighted by Crippen LogP contribution is -2.23. The minimum Gasteiger partial charge on any atom is -0.463 e. The van der Waals surface area contributed by atoms with Crippen LogP contribution in [-0.4, -0.2) is 5.85 Å². The van der Waals surface area contributed by atoms with Crippen molar-refractivity contribution in [2.45, 2.75) is 136 Å². The van der Waals surface area contributed by atoms with Gasteiger partial charge < -0.3 is 4.74 Å². The third-order valence-corrected chi connectivity index (χ3v) is 9.17. The Bertz CT molecular complexity index is 898. The van der Waals surface area contributed by atoms with Crippen LogP contribution in [0.25, 0.3) is 0 Å². The molecule has 1 unspecified atom stereocenters. The first-order chi connectivity index (χ1) is 18.3. The fraction of sp³-hybridized carbons (Fsp3) is 0.667. The molecule has 0 aromatic heterocycles. The predicted molar refractivity (Wildman–Crippen MR) is 163 cm³/mol. The molecule has 0 radical (unpaired) electrons. The molecule has 0 N–H and O–H groups in total. The average molecular weight is 523 g/mol. The molecule has 212 valence electrons. The van der Waals surface area contributed by atoms with Crippen molar-refractivity contribution in [1.82, 2.24) is 0 Å². The van der Waals surface area contributed by atoms with E-state index in [0.29, 0.717) is 0 Å². The number of rotatable bonds is 9. The van der Waals surface area contributed by atoms with E-state index < -0.39 is 5.85 Å². The van der Waals surface area contributed by atoms with E-state index in [1.54, 1.807) is 11.6 Å². The van der Waals surface area contributed by atoms with Crippen molar-refractivity contribution in [2.24, 2.45) is 17.8 Å². The topological polar surface area (TPSA) is 9.23 Å². The predicted octanol–water partition coefficient (Wildman–Crippen LogP) is 11.7. The summed E-state index contributed by atoms with van der Waals surface area (Å²) in [7, 11) is 0. The Hall–Kier alpha value is -1.83. The van der Waals surface area contributed by atoms with Gasteiger partial charge in [0.25, 0.3) is 5.85 Å². The molecule has 0 aliphatic heterocycles. The molecular formula is C36H55FO. The fourth-order valence-corrected chi connectivity index (χ4v) is 7.01. The highest BCUT2D eigenvalue weighted by molar-refractivity contribution is 5.46. The molecule has 0 heterocycles. The number of hydrogen-bond acceptors (Lipinski definition) is 1. The molecule has 2 fully saturated rings. The summed E-state index contributed by atoms with van der Waals surface area (Å²) in [6.45, 7) is 11.1. The Morgan fingerprint density at radius 3 is 2.05 bits per heavy atom. The van der Waals surface area contributed by atoms with Crippen LogP contribution < -0.4 is 0 Å². The summed E-state index contributed by atoms with van der Waals surface area (Å²) in [4.78, 5) is 0. The maximum Gasteiger partial charge on any atom is 0.264 e.